The fraction of sp³-hybridized carbons (Fsp3) is 0.641. The zero-order valence-corrected chi connectivity index (χ0v) is 69.6. The number of anilines is 2. The van der Waals surface area contributed by atoms with E-state index >= 15 is 0 Å². The van der Waals surface area contributed by atoms with Crippen LogP contribution in [0.1, 0.15) is 174 Å². The number of hydrogen-bond acceptors (Lipinski definition) is 38. The third kappa shape index (κ3) is 33.0. The number of esters is 14. The Bertz CT molecular complexity index is 3550. The van der Waals surface area contributed by atoms with Gasteiger partial charge in [0.1, 0.15) is 73.9 Å². The fourth-order valence-electron chi connectivity index (χ4n) is 13.1. The molecule has 4 saturated heterocycles. The summed E-state index contributed by atoms with van der Waals surface area (Å²) in [5, 5.41) is 5.79. The van der Waals surface area contributed by atoms with E-state index in [1.54, 1.807) is 48.5 Å². The highest BCUT2D eigenvalue weighted by molar-refractivity contribution is 8.00. The Hall–Kier alpha value is -9.58. The van der Waals surface area contributed by atoms with Crippen molar-refractivity contribution in [1.29, 1.82) is 0 Å². The lowest BCUT2D eigenvalue weighted by Gasteiger charge is -2.48. The van der Waals surface area contributed by atoms with Crippen LogP contribution in [0.3, 0.4) is 0 Å². The van der Waals surface area contributed by atoms with E-state index in [0.29, 0.717) is 34.0 Å². The summed E-state index contributed by atoms with van der Waals surface area (Å²) in [4.78, 5) is 203. The van der Waals surface area contributed by atoms with Crippen LogP contribution in [-0.4, -0.2) is 243 Å². The molecule has 2 aromatic carbocycles. The Labute approximate surface area is 689 Å². The third-order valence-corrected chi connectivity index (χ3v) is 19.9. The van der Waals surface area contributed by atoms with Gasteiger partial charge in [-0.25, -0.2) is 0 Å². The molecule has 4 heterocycles. The number of carbonyl (C=O) groups excluding carboxylic acids is 16. The molecular weight excluding hydrogens is 1600 g/mol. The lowest BCUT2D eigenvalue weighted by atomic mass is 9.96. The molecule has 0 bridgehead atoms. The lowest BCUT2D eigenvalue weighted by Crippen LogP contribution is -2.66. The second kappa shape index (κ2) is 48.5. The maximum atomic E-state index is 13.1. The fourth-order valence-corrected chi connectivity index (χ4v) is 15.3. The van der Waals surface area contributed by atoms with Gasteiger partial charge in [-0.3, -0.25) is 76.7 Å². The topological polar surface area (TPSA) is 482 Å². The maximum absolute atomic E-state index is 13.1. The zero-order valence-electron chi connectivity index (χ0n) is 68.0. The van der Waals surface area contributed by atoms with Crippen molar-refractivity contribution in [3.63, 3.8) is 0 Å². The molecule has 118 heavy (non-hydrogen) atoms. The minimum atomic E-state index is -1.85. The molecule has 654 valence electrons. The van der Waals surface area contributed by atoms with Crippen molar-refractivity contribution >= 4 is 130 Å². The van der Waals surface area contributed by atoms with Crippen LogP contribution < -0.4 is 10.6 Å². The number of thioether (sulfide) groups is 2. The number of benzene rings is 2. The first-order chi connectivity index (χ1) is 55.8. The second-order valence-corrected chi connectivity index (χ2v) is 30.1. The monoisotopic (exact) mass is 1710 g/mol. The van der Waals surface area contributed by atoms with E-state index in [2.05, 4.69) is 10.6 Å². The van der Waals surface area contributed by atoms with Gasteiger partial charge in [0.05, 0.1) is 0 Å². The van der Waals surface area contributed by atoms with Crippen LogP contribution in [0, 0.1) is 0 Å². The number of amides is 2. The number of ether oxygens (including phenoxy) is 20. The van der Waals surface area contributed by atoms with Crippen LogP contribution in [0.15, 0.2) is 58.3 Å². The summed E-state index contributed by atoms with van der Waals surface area (Å²) in [6.45, 7) is 12.5. The van der Waals surface area contributed by atoms with E-state index in [-0.39, 0.29) is 24.7 Å². The number of hydrogen-bond donors (Lipinski definition) is 2. The Morgan fingerprint density at radius 1 is 0.263 bits per heavy atom. The molecule has 0 radical (unpaired) electrons. The molecule has 6 rings (SSSR count). The van der Waals surface area contributed by atoms with Gasteiger partial charge in [0.25, 0.3) is 0 Å². The molecular formula is C78H104N2O36S2. The molecule has 0 spiro atoms. The molecule has 0 aromatic heterocycles. The SMILES string of the molecule is CC(=O)OC[C@H]1O[C@@H](Sc2ccc(NC(=O)CCCCCCCCCCCCC(=O)Nc3ccc(S[C@@H]4O[C@H](COC(C)=O)[C@@H](O[C@H]5O[C@H](COC(C)=O)[C@@H](OC(C)=O)[C@H](OC(C)=O)[C@H]5OC(C)=O)[C@H](OC(C)=O)[C@H]4OC(C)=O)cc3)cc2)[C@H](OC(C)=O)[C@@H](OC(C)=O)[C@@H]1O[C@H]1O[C@H](COC(C)=O)[C@@H](OC(C)=O)[C@H](OC(C)=O)[C@H]1OC(C)=O. The molecule has 4 aliphatic heterocycles. The minimum Gasteiger partial charge on any atom is -0.463 e. The van der Waals surface area contributed by atoms with E-state index in [0.717, 1.165) is 172 Å². The highest BCUT2D eigenvalue weighted by Gasteiger charge is 2.60. The van der Waals surface area contributed by atoms with Crippen molar-refractivity contribution in [2.45, 2.75) is 305 Å². The molecule has 2 N–H and O–H groups in total. The maximum Gasteiger partial charge on any atom is 0.303 e. The summed E-state index contributed by atoms with van der Waals surface area (Å²) in [5.74, 6) is -12.5. The molecule has 4 aliphatic rings. The normalized spacial score (nSPS) is 26.5. The summed E-state index contributed by atoms with van der Waals surface area (Å²) < 4.78 is 116. The lowest BCUT2D eigenvalue weighted by molar-refractivity contribution is -0.341. The van der Waals surface area contributed by atoms with Crippen molar-refractivity contribution in [2.24, 2.45) is 0 Å². The summed E-state index contributed by atoms with van der Waals surface area (Å²) in [5.41, 5.74) is -1.53. The molecule has 0 saturated carbocycles. The molecule has 4 fully saturated rings. The van der Waals surface area contributed by atoms with Crippen LogP contribution in [0.5, 0.6) is 0 Å². The molecule has 0 aliphatic carbocycles. The quantitative estimate of drug-likeness (QED) is 0.0415. The predicted octanol–water partition coefficient (Wildman–Crippen LogP) is 6.37. The number of carbonyl (C=O) groups is 16. The van der Waals surface area contributed by atoms with E-state index in [1.807, 2.05) is 0 Å². The number of rotatable bonds is 41. The average Bonchev–Trinajstić information content (AvgIpc) is 0.769. The van der Waals surface area contributed by atoms with E-state index in [1.165, 1.54) is 0 Å². The largest absolute Gasteiger partial charge is 0.463 e. The highest BCUT2D eigenvalue weighted by Crippen LogP contribution is 2.43. The van der Waals surface area contributed by atoms with Gasteiger partial charge in [-0.1, -0.05) is 74.9 Å². The second-order valence-electron chi connectivity index (χ2n) is 27.7. The Kier molecular flexibility index (Phi) is 40.0. The molecule has 38 nitrogen and oxygen atoms in total. The first-order valence-corrected chi connectivity index (χ1v) is 39.9. The van der Waals surface area contributed by atoms with Crippen molar-refractivity contribution in [3.8, 4) is 0 Å². The van der Waals surface area contributed by atoms with Gasteiger partial charge in [-0.05, 0) is 61.4 Å². The molecule has 0 unspecified atom stereocenters. The van der Waals surface area contributed by atoms with Crippen LogP contribution in [0.2, 0.25) is 0 Å². The average molecular weight is 1710 g/mol. The van der Waals surface area contributed by atoms with Crippen LogP contribution in [0.25, 0.3) is 0 Å². The van der Waals surface area contributed by atoms with Crippen molar-refractivity contribution in [1.82, 2.24) is 0 Å². The van der Waals surface area contributed by atoms with Gasteiger partial charge < -0.3 is 105 Å². The van der Waals surface area contributed by atoms with Gasteiger partial charge in [-0.15, -0.1) is 0 Å². The first kappa shape index (κ1) is 97.3. The number of unbranched alkanes of at least 4 members (excludes halogenated alkanes) is 9. The Morgan fingerprint density at radius 2 is 0.483 bits per heavy atom. The van der Waals surface area contributed by atoms with Crippen LogP contribution >= 0.6 is 23.5 Å². The first-order valence-electron chi connectivity index (χ1n) is 38.2. The van der Waals surface area contributed by atoms with Crippen LogP contribution in [-0.2, 0) is 171 Å². The molecule has 40 heteroatoms. The smallest absolute Gasteiger partial charge is 0.303 e. The van der Waals surface area contributed by atoms with E-state index in [9.17, 15) is 76.7 Å². The summed E-state index contributed by atoms with van der Waals surface area (Å²) in [6, 6.07) is 13.2. The van der Waals surface area contributed by atoms with Crippen molar-refractivity contribution < 1.29 is 171 Å². The Morgan fingerprint density at radius 3 is 0.737 bits per heavy atom. The predicted molar refractivity (Wildman–Crippen MR) is 404 cm³/mol. The van der Waals surface area contributed by atoms with E-state index in [4.69, 9.17) is 94.7 Å². The van der Waals surface area contributed by atoms with Crippen LogP contribution in [0.4, 0.5) is 11.4 Å². The highest BCUT2D eigenvalue weighted by atomic mass is 32.2. The van der Waals surface area contributed by atoms with E-state index < -0.39 is 231 Å². The molecule has 20 atom stereocenters. The minimum absolute atomic E-state index is 0.214. The zero-order chi connectivity index (χ0) is 87.0. The standard InChI is InChI=1S/C78H104N2O36S2/c1-39(81)97-35-57-63(101-43(5)85)67(103-45(7)87)71(107-49(11)91)75(111-57)115-65-59(37-99-41(3)83)113-77(73(109-51(13)93)69(65)105-47(9)89)117-55-31-27-53(28-32-55)79-61(95)25-23-21-19-17-15-16-18-20-22-24-26-62(96)80-54-29-33-56(34-30-54)118-78-74(110-52(14)94)70(106-48(10)90)66(60(114-78)38-100-42(4)84)116-76-72(108-50(12)92)68(104-46(8)88)64(102-44(6)86)58(112-76)36-98-40(2)82/h27-34,57-60,63-78H,15-26,35-38H2,1-14H3,(H,79,95)(H,80,96)/t57-,58-,59-,60-,63-,64-,65-,66-,67+,68+,69+,70+,71-,72-,73-,74-,75-,76-,77+,78+/m1/s1. The Balaban J connectivity index is 0.971. The third-order valence-electron chi connectivity index (χ3n) is 17.6. The van der Waals surface area contributed by atoms with Gasteiger partial charge in [0.15, 0.2) is 73.6 Å². The summed E-state index contributed by atoms with van der Waals surface area (Å²) >= 11 is 2.03. The van der Waals surface area contributed by atoms with Crippen molar-refractivity contribution in [2.75, 3.05) is 37.1 Å². The summed E-state index contributed by atoms with van der Waals surface area (Å²) in [7, 11) is 0. The molecule has 2 aromatic rings. The van der Waals surface area contributed by atoms with Gasteiger partial charge in [0.2, 0.25) is 11.8 Å². The number of nitrogens with one attached hydrogen (secondary N) is 2. The molecule has 2 amide bonds. The summed E-state index contributed by atoms with van der Waals surface area (Å²) in [6.07, 6.45) is -19.7. The van der Waals surface area contributed by atoms with Gasteiger partial charge >= 0.3 is 83.6 Å². The van der Waals surface area contributed by atoms with Crippen molar-refractivity contribution in [3.05, 3.63) is 48.5 Å². The van der Waals surface area contributed by atoms with Gasteiger partial charge in [0, 0.05) is 131 Å². The van der Waals surface area contributed by atoms with Gasteiger partial charge in [-0.2, -0.15) is 0 Å².